The van der Waals surface area contributed by atoms with Crippen molar-refractivity contribution in [3.05, 3.63) is 64.7 Å². The predicted molar refractivity (Wildman–Crippen MR) is 108 cm³/mol. The van der Waals surface area contributed by atoms with Crippen molar-refractivity contribution in [2.75, 3.05) is 38.2 Å². The zero-order valence-electron chi connectivity index (χ0n) is 15.7. The van der Waals surface area contributed by atoms with Gasteiger partial charge in [0.25, 0.3) is 5.56 Å². The van der Waals surface area contributed by atoms with Crippen LogP contribution in [0.25, 0.3) is 10.9 Å². The molecule has 0 spiro atoms. The summed E-state index contributed by atoms with van der Waals surface area (Å²) in [6.07, 6.45) is 0. The molecule has 0 saturated carbocycles. The van der Waals surface area contributed by atoms with Gasteiger partial charge in [-0.2, -0.15) is 0 Å². The van der Waals surface area contributed by atoms with E-state index in [2.05, 4.69) is 38.8 Å². The van der Waals surface area contributed by atoms with E-state index in [0.717, 1.165) is 43.3 Å². The van der Waals surface area contributed by atoms with E-state index >= 15 is 0 Å². The minimum Gasteiger partial charge on any atom is -0.497 e. The molecule has 0 aliphatic carbocycles. The fourth-order valence-electron chi connectivity index (χ4n) is 3.64. The standard InChI is InChI=1S/C21H24N4O2/c1-15(20-22-19-6-4-3-5-18(19)21(26)23-20)24-11-13-25(14-12-24)16-7-9-17(27-2)10-8-16/h3-10,15H,11-14H2,1-2H3,(H,22,23,26)/t15-/m1/s1. The van der Waals surface area contributed by atoms with Crippen LogP contribution in [0.3, 0.4) is 0 Å². The topological polar surface area (TPSA) is 61.5 Å². The molecule has 27 heavy (non-hydrogen) atoms. The SMILES string of the molecule is COc1ccc(N2CCN([C@H](C)c3nc4ccccc4c(=O)[nH]3)CC2)cc1. The molecule has 0 bridgehead atoms. The lowest BCUT2D eigenvalue weighted by Gasteiger charge is -2.38. The van der Waals surface area contributed by atoms with Crippen LogP contribution in [0.2, 0.25) is 0 Å². The molecular weight excluding hydrogens is 340 g/mol. The average molecular weight is 364 g/mol. The molecule has 6 nitrogen and oxygen atoms in total. The maximum Gasteiger partial charge on any atom is 0.258 e. The van der Waals surface area contributed by atoms with Crippen LogP contribution >= 0.6 is 0 Å². The zero-order chi connectivity index (χ0) is 18.8. The molecule has 2 aromatic carbocycles. The Morgan fingerprint density at radius 3 is 2.44 bits per heavy atom. The Morgan fingerprint density at radius 1 is 1.04 bits per heavy atom. The van der Waals surface area contributed by atoms with Gasteiger partial charge in [-0.1, -0.05) is 12.1 Å². The molecule has 2 heterocycles. The average Bonchev–Trinajstić information content (AvgIpc) is 2.73. The number of aromatic amines is 1. The number of nitrogens with zero attached hydrogens (tertiary/aromatic N) is 3. The number of hydrogen-bond donors (Lipinski definition) is 1. The van der Waals surface area contributed by atoms with Crippen molar-refractivity contribution in [1.82, 2.24) is 14.9 Å². The normalized spacial score (nSPS) is 16.4. The first-order valence-electron chi connectivity index (χ1n) is 9.28. The number of aromatic nitrogens is 2. The van der Waals surface area contributed by atoms with Gasteiger partial charge in [0.05, 0.1) is 24.1 Å². The molecule has 0 amide bonds. The highest BCUT2D eigenvalue weighted by atomic mass is 16.5. The molecule has 0 unspecified atom stereocenters. The summed E-state index contributed by atoms with van der Waals surface area (Å²) in [7, 11) is 1.68. The Bertz CT molecular complexity index is 975. The molecule has 140 valence electrons. The summed E-state index contributed by atoms with van der Waals surface area (Å²) in [5.74, 6) is 1.61. The first kappa shape index (κ1) is 17.5. The molecule has 1 saturated heterocycles. The van der Waals surface area contributed by atoms with E-state index in [4.69, 9.17) is 4.74 Å². The van der Waals surface area contributed by atoms with Crippen molar-refractivity contribution in [3.8, 4) is 5.75 Å². The van der Waals surface area contributed by atoms with Crippen LogP contribution in [0.4, 0.5) is 5.69 Å². The Balaban J connectivity index is 1.46. The molecule has 6 heteroatoms. The number of para-hydroxylation sites is 1. The van der Waals surface area contributed by atoms with Gasteiger partial charge in [-0.25, -0.2) is 4.98 Å². The van der Waals surface area contributed by atoms with Crippen LogP contribution < -0.4 is 15.2 Å². The van der Waals surface area contributed by atoms with Gasteiger partial charge in [0.2, 0.25) is 0 Å². The number of benzene rings is 2. The molecule has 0 radical (unpaired) electrons. The third-order valence-electron chi connectivity index (χ3n) is 5.33. The Hall–Kier alpha value is -2.86. The number of anilines is 1. The highest BCUT2D eigenvalue weighted by Crippen LogP contribution is 2.24. The third kappa shape index (κ3) is 3.53. The molecular formula is C21H24N4O2. The minimum absolute atomic E-state index is 0.0697. The Labute approximate surface area is 158 Å². The number of H-pyrrole nitrogens is 1. The number of piperazine rings is 1. The second-order valence-corrected chi connectivity index (χ2v) is 6.87. The van der Waals surface area contributed by atoms with E-state index in [-0.39, 0.29) is 11.6 Å². The van der Waals surface area contributed by atoms with Crippen molar-refractivity contribution in [2.45, 2.75) is 13.0 Å². The summed E-state index contributed by atoms with van der Waals surface area (Å²) >= 11 is 0. The number of methoxy groups -OCH3 is 1. The van der Waals surface area contributed by atoms with Gasteiger partial charge >= 0.3 is 0 Å². The minimum atomic E-state index is -0.0701. The van der Waals surface area contributed by atoms with Crippen LogP contribution in [0.1, 0.15) is 18.8 Å². The first-order chi connectivity index (χ1) is 13.2. The van der Waals surface area contributed by atoms with E-state index < -0.39 is 0 Å². The largest absolute Gasteiger partial charge is 0.497 e. The van der Waals surface area contributed by atoms with Crippen molar-refractivity contribution < 1.29 is 4.74 Å². The van der Waals surface area contributed by atoms with Gasteiger partial charge in [0, 0.05) is 31.9 Å². The Morgan fingerprint density at radius 2 is 1.74 bits per heavy atom. The lowest BCUT2D eigenvalue weighted by Crippen LogP contribution is -2.47. The van der Waals surface area contributed by atoms with Gasteiger partial charge < -0.3 is 14.6 Å². The number of ether oxygens (including phenoxy) is 1. The van der Waals surface area contributed by atoms with E-state index in [9.17, 15) is 4.79 Å². The van der Waals surface area contributed by atoms with E-state index in [1.54, 1.807) is 7.11 Å². The maximum atomic E-state index is 12.3. The monoisotopic (exact) mass is 364 g/mol. The summed E-state index contributed by atoms with van der Waals surface area (Å²) < 4.78 is 5.23. The number of hydrogen-bond acceptors (Lipinski definition) is 5. The van der Waals surface area contributed by atoms with Crippen LogP contribution in [-0.2, 0) is 0 Å². The van der Waals surface area contributed by atoms with Crippen LogP contribution in [0.15, 0.2) is 53.3 Å². The van der Waals surface area contributed by atoms with Crippen molar-refractivity contribution in [1.29, 1.82) is 0 Å². The van der Waals surface area contributed by atoms with Gasteiger partial charge in [-0.3, -0.25) is 9.69 Å². The van der Waals surface area contributed by atoms with Gasteiger partial charge in [0.1, 0.15) is 11.6 Å². The summed E-state index contributed by atoms with van der Waals surface area (Å²) in [5.41, 5.74) is 1.89. The molecule has 1 N–H and O–H groups in total. The fourth-order valence-corrected chi connectivity index (χ4v) is 3.64. The van der Waals surface area contributed by atoms with Gasteiger partial charge in [0.15, 0.2) is 0 Å². The second kappa shape index (κ2) is 7.40. The summed E-state index contributed by atoms with van der Waals surface area (Å²) in [5, 5.41) is 0.637. The Kier molecular flexibility index (Phi) is 4.81. The zero-order valence-corrected chi connectivity index (χ0v) is 15.7. The van der Waals surface area contributed by atoms with Crippen molar-refractivity contribution >= 4 is 16.6 Å². The summed E-state index contributed by atoms with van der Waals surface area (Å²) in [4.78, 5) is 24.7. The molecule has 1 atom stereocenters. The van der Waals surface area contributed by atoms with E-state index in [1.807, 2.05) is 36.4 Å². The highest BCUT2D eigenvalue weighted by molar-refractivity contribution is 5.77. The predicted octanol–water partition coefficient (Wildman–Crippen LogP) is 2.81. The van der Waals surface area contributed by atoms with Crippen molar-refractivity contribution in [3.63, 3.8) is 0 Å². The second-order valence-electron chi connectivity index (χ2n) is 6.87. The van der Waals surface area contributed by atoms with Gasteiger partial charge in [-0.15, -0.1) is 0 Å². The lowest BCUT2D eigenvalue weighted by molar-refractivity contribution is 0.192. The smallest absolute Gasteiger partial charge is 0.258 e. The highest BCUT2D eigenvalue weighted by Gasteiger charge is 2.24. The maximum absolute atomic E-state index is 12.3. The van der Waals surface area contributed by atoms with Crippen LogP contribution in [0, 0.1) is 0 Å². The molecule has 4 rings (SSSR count). The van der Waals surface area contributed by atoms with E-state index in [0.29, 0.717) is 5.39 Å². The number of fused-ring (bicyclic) bond motifs is 1. The summed E-state index contributed by atoms with van der Waals surface area (Å²) in [6.45, 7) is 5.83. The number of nitrogens with one attached hydrogen (secondary N) is 1. The molecule has 3 aromatic rings. The van der Waals surface area contributed by atoms with Crippen LogP contribution in [0.5, 0.6) is 5.75 Å². The summed E-state index contributed by atoms with van der Waals surface area (Å²) in [6, 6.07) is 15.7. The fraction of sp³-hybridized carbons (Fsp3) is 0.333. The first-order valence-corrected chi connectivity index (χ1v) is 9.28. The molecule has 1 fully saturated rings. The molecule has 1 aromatic heterocycles. The quantitative estimate of drug-likeness (QED) is 0.771. The van der Waals surface area contributed by atoms with Gasteiger partial charge in [-0.05, 0) is 43.3 Å². The molecule has 1 aliphatic heterocycles. The number of rotatable bonds is 4. The molecule has 1 aliphatic rings. The lowest BCUT2D eigenvalue weighted by atomic mass is 10.1. The third-order valence-corrected chi connectivity index (χ3v) is 5.33. The van der Waals surface area contributed by atoms with E-state index in [1.165, 1.54) is 5.69 Å². The van der Waals surface area contributed by atoms with Crippen molar-refractivity contribution in [2.24, 2.45) is 0 Å². The van der Waals surface area contributed by atoms with Crippen LogP contribution in [-0.4, -0.2) is 48.2 Å².